The summed E-state index contributed by atoms with van der Waals surface area (Å²) in [5.41, 5.74) is 1.39. The molecule has 0 spiro atoms. The van der Waals surface area contributed by atoms with Gasteiger partial charge in [0.05, 0.1) is 6.26 Å². The van der Waals surface area contributed by atoms with E-state index in [1.807, 2.05) is 24.3 Å². The highest BCUT2D eigenvalue weighted by Crippen LogP contribution is 2.25. The third-order valence-corrected chi connectivity index (χ3v) is 1.96. The van der Waals surface area contributed by atoms with Crippen LogP contribution < -0.4 is 0 Å². The Labute approximate surface area is 75.8 Å². The van der Waals surface area contributed by atoms with Gasteiger partial charge in [0.2, 0.25) is 0 Å². The molecular formula is C11H8O2. The molecule has 13 heavy (non-hydrogen) atoms. The Morgan fingerprint density at radius 1 is 1.38 bits per heavy atom. The average molecular weight is 172 g/mol. The number of terminal acetylenes is 1. The van der Waals surface area contributed by atoms with E-state index in [4.69, 9.17) is 10.8 Å². The first kappa shape index (κ1) is 7.90. The molecule has 1 heterocycles. The Morgan fingerprint density at radius 3 is 2.92 bits per heavy atom. The first-order chi connectivity index (χ1) is 6.33. The zero-order chi connectivity index (χ0) is 9.26. The fourth-order valence-electron chi connectivity index (χ4n) is 1.30. The zero-order valence-electron chi connectivity index (χ0n) is 6.90. The highest BCUT2D eigenvalue weighted by molar-refractivity contribution is 5.81. The molecule has 0 amide bonds. The van der Waals surface area contributed by atoms with Crippen LogP contribution in [0.1, 0.15) is 11.7 Å². The van der Waals surface area contributed by atoms with E-state index in [1.54, 1.807) is 0 Å². The summed E-state index contributed by atoms with van der Waals surface area (Å²) in [7, 11) is 0. The van der Waals surface area contributed by atoms with E-state index in [0.29, 0.717) is 5.56 Å². The van der Waals surface area contributed by atoms with Crippen molar-refractivity contribution in [2.24, 2.45) is 0 Å². The maximum atomic E-state index is 9.42. The highest BCUT2D eigenvalue weighted by atomic mass is 16.3. The summed E-state index contributed by atoms with van der Waals surface area (Å²) in [5.74, 6) is 2.26. The molecule has 1 aromatic heterocycles. The van der Waals surface area contributed by atoms with Crippen molar-refractivity contribution >= 4 is 11.0 Å². The number of hydrogen-bond acceptors (Lipinski definition) is 2. The molecule has 1 atom stereocenters. The second-order valence-corrected chi connectivity index (χ2v) is 2.76. The second-order valence-electron chi connectivity index (χ2n) is 2.76. The van der Waals surface area contributed by atoms with Crippen LogP contribution in [0, 0.1) is 12.3 Å². The van der Waals surface area contributed by atoms with Gasteiger partial charge in [0, 0.05) is 10.9 Å². The number of aliphatic hydroxyl groups excluding tert-OH is 1. The summed E-state index contributed by atoms with van der Waals surface area (Å²) >= 11 is 0. The van der Waals surface area contributed by atoms with Gasteiger partial charge in [0.25, 0.3) is 0 Å². The van der Waals surface area contributed by atoms with E-state index in [2.05, 4.69) is 5.92 Å². The van der Waals surface area contributed by atoms with E-state index in [-0.39, 0.29) is 0 Å². The average Bonchev–Trinajstić information content (AvgIpc) is 2.60. The van der Waals surface area contributed by atoms with Gasteiger partial charge in [-0.1, -0.05) is 24.1 Å². The van der Waals surface area contributed by atoms with E-state index < -0.39 is 6.10 Å². The van der Waals surface area contributed by atoms with Gasteiger partial charge >= 0.3 is 0 Å². The largest absolute Gasteiger partial charge is 0.464 e. The van der Waals surface area contributed by atoms with E-state index in [0.717, 1.165) is 11.0 Å². The Balaban J connectivity index is 2.66. The molecule has 2 nitrogen and oxygen atoms in total. The molecule has 2 heteroatoms. The smallest absolute Gasteiger partial charge is 0.143 e. The molecule has 1 aromatic carbocycles. The molecule has 0 saturated heterocycles. The van der Waals surface area contributed by atoms with Crippen molar-refractivity contribution in [3.05, 3.63) is 36.1 Å². The van der Waals surface area contributed by atoms with Crippen LogP contribution in [0.25, 0.3) is 11.0 Å². The molecule has 0 fully saturated rings. The number of fused-ring (bicyclic) bond motifs is 1. The van der Waals surface area contributed by atoms with Crippen molar-refractivity contribution in [3.8, 4) is 12.3 Å². The predicted octanol–water partition coefficient (Wildman–Crippen LogP) is 2.10. The number of furan rings is 1. The van der Waals surface area contributed by atoms with Gasteiger partial charge in [-0.2, -0.15) is 0 Å². The number of para-hydroxylation sites is 1. The standard InChI is InChI=1S/C11H8O2/c1-2-10(12)9-7-13-11-6-4-3-5-8(9)11/h1,3-7,10,12H/t10-/m1/s1. The minimum absolute atomic E-state index is 0.651. The Kier molecular flexibility index (Phi) is 1.80. The minimum Gasteiger partial charge on any atom is -0.464 e. The summed E-state index contributed by atoms with van der Waals surface area (Å²) in [6, 6.07) is 7.46. The van der Waals surface area contributed by atoms with Crippen LogP contribution >= 0.6 is 0 Å². The van der Waals surface area contributed by atoms with Gasteiger partial charge < -0.3 is 9.52 Å². The lowest BCUT2D eigenvalue weighted by Crippen LogP contribution is -1.90. The monoisotopic (exact) mass is 172 g/mol. The summed E-state index contributed by atoms with van der Waals surface area (Å²) in [5, 5.41) is 10.3. The first-order valence-corrected chi connectivity index (χ1v) is 3.93. The summed E-state index contributed by atoms with van der Waals surface area (Å²) in [6.45, 7) is 0. The quantitative estimate of drug-likeness (QED) is 0.668. The number of aliphatic hydroxyl groups is 1. The number of rotatable bonds is 1. The molecule has 0 saturated carbocycles. The normalized spacial score (nSPS) is 12.6. The van der Waals surface area contributed by atoms with Crippen molar-refractivity contribution in [2.45, 2.75) is 6.10 Å². The van der Waals surface area contributed by atoms with Crippen LogP contribution in [-0.4, -0.2) is 5.11 Å². The van der Waals surface area contributed by atoms with Crippen LogP contribution in [0.2, 0.25) is 0 Å². The molecule has 2 aromatic rings. The zero-order valence-corrected chi connectivity index (χ0v) is 6.90. The van der Waals surface area contributed by atoms with Crippen molar-refractivity contribution in [1.82, 2.24) is 0 Å². The maximum Gasteiger partial charge on any atom is 0.143 e. The van der Waals surface area contributed by atoms with Gasteiger partial charge in [0.15, 0.2) is 0 Å². The van der Waals surface area contributed by atoms with Crippen LogP contribution in [-0.2, 0) is 0 Å². The van der Waals surface area contributed by atoms with Gasteiger partial charge in [-0.25, -0.2) is 0 Å². The molecular weight excluding hydrogens is 164 g/mol. The van der Waals surface area contributed by atoms with Crippen molar-refractivity contribution < 1.29 is 9.52 Å². The van der Waals surface area contributed by atoms with Crippen LogP contribution in [0.15, 0.2) is 34.9 Å². The third kappa shape index (κ3) is 1.20. The lowest BCUT2D eigenvalue weighted by Gasteiger charge is -1.98. The first-order valence-electron chi connectivity index (χ1n) is 3.93. The Bertz CT molecular complexity index is 462. The highest BCUT2D eigenvalue weighted by Gasteiger charge is 2.10. The molecule has 0 radical (unpaired) electrons. The maximum absolute atomic E-state index is 9.42. The van der Waals surface area contributed by atoms with Gasteiger partial charge in [0.1, 0.15) is 11.7 Å². The van der Waals surface area contributed by atoms with Gasteiger partial charge in [-0.05, 0) is 6.07 Å². The van der Waals surface area contributed by atoms with Crippen molar-refractivity contribution in [1.29, 1.82) is 0 Å². The topological polar surface area (TPSA) is 33.4 Å². The van der Waals surface area contributed by atoms with Gasteiger partial charge in [-0.3, -0.25) is 0 Å². The minimum atomic E-state index is -0.886. The SMILES string of the molecule is C#C[C@@H](O)c1coc2ccccc12. The molecule has 2 rings (SSSR count). The summed E-state index contributed by atoms with van der Waals surface area (Å²) in [6.07, 6.45) is 5.72. The lowest BCUT2D eigenvalue weighted by atomic mass is 10.1. The number of benzene rings is 1. The Morgan fingerprint density at radius 2 is 2.15 bits per heavy atom. The van der Waals surface area contributed by atoms with Crippen LogP contribution in [0.5, 0.6) is 0 Å². The predicted molar refractivity (Wildman–Crippen MR) is 50.0 cm³/mol. The summed E-state index contributed by atoms with van der Waals surface area (Å²) in [4.78, 5) is 0. The fourth-order valence-corrected chi connectivity index (χ4v) is 1.30. The molecule has 0 unspecified atom stereocenters. The second kappa shape index (κ2) is 2.96. The molecule has 0 aliphatic heterocycles. The van der Waals surface area contributed by atoms with Crippen LogP contribution in [0.3, 0.4) is 0 Å². The lowest BCUT2D eigenvalue weighted by molar-refractivity contribution is 0.238. The van der Waals surface area contributed by atoms with Crippen molar-refractivity contribution in [2.75, 3.05) is 0 Å². The van der Waals surface area contributed by atoms with E-state index in [9.17, 15) is 5.11 Å². The molecule has 0 aliphatic rings. The number of hydrogen-bond donors (Lipinski definition) is 1. The Hall–Kier alpha value is -1.72. The molecule has 0 bridgehead atoms. The molecule has 0 aliphatic carbocycles. The molecule has 1 N–H and O–H groups in total. The van der Waals surface area contributed by atoms with Crippen LogP contribution in [0.4, 0.5) is 0 Å². The van der Waals surface area contributed by atoms with E-state index in [1.165, 1.54) is 6.26 Å². The molecule has 64 valence electrons. The van der Waals surface area contributed by atoms with Crippen molar-refractivity contribution in [3.63, 3.8) is 0 Å². The third-order valence-electron chi connectivity index (χ3n) is 1.96. The summed E-state index contributed by atoms with van der Waals surface area (Å²) < 4.78 is 5.22. The van der Waals surface area contributed by atoms with E-state index >= 15 is 0 Å². The van der Waals surface area contributed by atoms with Gasteiger partial charge in [-0.15, -0.1) is 6.42 Å². The fraction of sp³-hybridized carbons (Fsp3) is 0.0909.